The number of nitrogens with one attached hydrogen (secondary N) is 1. The standard InChI is InChI=1S/C22H20F3N3O2/c1-13(8-20-15(12-29)10-26-27-20)14-4-2-5-16(9-14)28-11-18-17(21(28)30)6-3-7-19(18)22(23,24)25/h2-7,9-10,13,29H,8,11-12H2,1H3,(H,26,27). The zero-order valence-corrected chi connectivity index (χ0v) is 16.2. The van der Waals surface area contributed by atoms with E-state index in [0.717, 1.165) is 22.9 Å². The van der Waals surface area contributed by atoms with Crippen LogP contribution in [0, 0.1) is 0 Å². The van der Waals surface area contributed by atoms with Crippen LogP contribution in [0.5, 0.6) is 0 Å². The first-order chi connectivity index (χ1) is 14.3. The van der Waals surface area contributed by atoms with Gasteiger partial charge in [0, 0.05) is 23.0 Å². The number of benzene rings is 2. The van der Waals surface area contributed by atoms with Crippen molar-refractivity contribution in [3.05, 3.63) is 82.2 Å². The molecule has 1 atom stereocenters. The van der Waals surface area contributed by atoms with E-state index in [1.807, 2.05) is 19.1 Å². The average molecular weight is 415 g/mol. The molecule has 0 radical (unpaired) electrons. The molecule has 2 aromatic carbocycles. The second-order valence-corrected chi connectivity index (χ2v) is 7.44. The maximum Gasteiger partial charge on any atom is 0.416 e. The number of halogens is 3. The smallest absolute Gasteiger partial charge is 0.392 e. The van der Waals surface area contributed by atoms with Crippen LogP contribution in [-0.4, -0.2) is 21.2 Å². The number of rotatable bonds is 5. The molecule has 1 aliphatic heterocycles. The number of alkyl halides is 3. The van der Waals surface area contributed by atoms with Gasteiger partial charge >= 0.3 is 6.18 Å². The van der Waals surface area contributed by atoms with Crippen molar-refractivity contribution in [2.24, 2.45) is 0 Å². The summed E-state index contributed by atoms with van der Waals surface area (Å²) in [5, 5.41) is 16.3. The molecular formula is C22H20F3N3O2. The van der Waals surface area contributed by atoms with Crippen molar-refractivity contribution in [1.82, 2.24) is 10.2 Å². The molecule has 0 saturated carbocycles. The number of amides is 1. The minimum atomic E-state index is -4.51. The second kappa shape index (κ2) is 7.60. The Bertz CT molecular complexity index is 1090. The Labute approximate surface area is 171 Å². The summed E-state index contributed by atoms with van der Waals surface area (Å²) in [6, 6.07) is 11.0. The van der Waals surface area contributed by atoms with Crippen molar-refractivity contribution in [3.63, 3.8) is 0 Å². The molecule has 30 heavy (non-hydrogen) atoms. The third-order valence-corrected chi connectivity index (χ3v) is 5.50. The number of H-pyrrole nitrogens is 1. The second-order valence-electron chi connectivity index (χ2n) is 7.44. The van der Waals surface area contributed by atoms with Gasteiger partial charge in [0.15, 0.2) is 0 Å². The number of aliphatic hydroxyl groups excluding tert-OH is 1. The molecule has 156 valence electrons. The van der Waals surface area contributed by atoms with Crippen LogP contribution in [0.1, 0.15) is 51.1 Å². The first-order valence-electron chi connectivity index (χ1n) is 9.53. The summed E-state index contributed by atoms with van der Waals surface area (Å²) in [5.41, 5.74) is 2.30. The Kier molecular flexibility index (Phi) is 5.11. The van der Waals surface area contributed by atoms with Crippen molar-refractivity contribution < 1.29 is 23.1 Å². The summed E-state index contributed by atoms with van der Waals surface area (Å²) in [5.74, 6) is -0.403. The number of hydrogen-bond acceptors (Lipinski definition) is 3. The number of aromatic amines is 1. The van der Waals surface area contributed by atoms with Crippen LogP contribution in [0.15, 0.2) is 48.7 Å². The molecule has 2 N–H and O–H groups in total. The Morgan fingerprint density at radius 2 is 2.00 bits per heavy atom. The van der Waals surface area contributed by atoms with Gasteiger partial charge in [-0.25, -0.2) is 0 Å². The quantitative estimate of drug-likeness (QED) is 0.648. The van der Waals surface area contributed by atoms with E-state index in [2.05, 4.69) is 10.2 Å². The predicted molar refractivity (Wildman–Crippen MR) is 105 cm³/mol. The molecule has 0 fully saturated rings. The van der Waals surface area contributed by atoms with Gasteiger partial charge in [-0.15, -0.1) is 0 Å². The molecule has 1 unspecified atom stereocenters. The molecule has 1 aliphatic rings. The molecule has 5 nitrogen and oxygen atoms in total. The van der Waals surface area contributed by atoms with E-state index in [9.17, 15) is 23.1 Å². The van der Waals surface area contributed by atoms with Crippen LogP contribution in [0.25, 0.3) is 0 Å². The van der Waals surface area contributed by atoms with Crippen molar-refractivity contribution >= 4 is 11.6 Å². The zero-order valence-electron chi connectivity index (χ0n) is 16.2. The van der Waals surface area contributed by atoms with Crippen molar-refractivity contribution in [2.75, 3.05) is 4.90 Å². The molecule has 3 aromatic rings. The number of fused-ring (bicyclic) bond motifs is 1. The van der Waals surface area contributed by atoms with Gasteiger partial charge in [-0.05, 0) is 47.7 Å². The first kappa shape index (κ1) is 20.2. The van der Waals surface area contributed by atoms with Gasteiger partial charge in [-0.1, -0.05) is 25.1 Å². The highest BCUT2D eigenvalue weighted by Crippen LogP contribution is 2.38. The highest BCUT2D eigenvalue weighted by Gasteiger charge is 2.39. The summed E-state index contributed by atoms with van der Waals surface area (Å²) in [6.45, 7) is 1.77. The van der Waals surface area contributed by atoms with E-state index in [4.69, 9.17) is 0 Å². The summed E-state index contributed by atoms with van der Waals surface area (Å²) in [6.07, 6.45) is -2.28. The van der Waals surface area contributed by atoms with Crippen LogP contribution in [0.3, 0.4) is 0 Å². The van der Waals surface area contributed by atoms with Crippen molar-refractivity contribution in [3.8, 4) is 0 Å². The van der Waals surface area contributed by atoms with E-state index in [0.29, 0.717) is 12.1 Å². The van der Waals surface area contributed by atoms with E-state index in [1.165, 1.54) is 17.0 Å². The van der Waals surface area contributed by atoms with Crippen LogP contribution in [-0.2, 0) is 25.7 Å². The Balaban J connectivity index is 1.61. The van der Waals surface area contributed by atoms with Crippen molar-refractivity contribution in [2.45, 2.75) is 38.6 Å². The number of aromatic nitrogens is 2. The lowest BCUT2D eigenvalue weighted by molar-refractivity contribution is -0.138. The molecule has 2 heterocycles. The Morgan fingerprint density at radius 1 is 1.23 bits per heavy atom. The fraction of sp³-hybridized carbons (Fsp3) is 0.273. The van der Waals surface area contributed by atoms with Gasteiger partial charge in [0.05, 0.1) is 24.4 Å². The third kappa shape index (κ3) is 3.59. The molecule has 0 spiro atoms. The number of carbonyl (C=O) groups is 1. The molecule has 0 saturated heterocycles. The van der Waals surface area contributed by atoms with Crippen LogP contribution >= 0.6 is 0 Å². The fourth-order valence-electron chi connectivity index (χ4n) is 3.87. The maximum atomic E-state index is 13.4. The summed E-state index contributed by atoms with van der Waals surface area (Å²) in [7, 11) is 0. The molecule has 0 bridgehead atoms. The van der Waals surface area contributed by atoms with Gasteiger partial charge in [-0.2, -0.15) is 18.3 Å². The zero-order chi connectivity index (χ0) is 21.5. The lowest BCUT2D eigenvalue weighted by Crippen LogP contribution is -2.23. The minimum Gasteiger partial charge on any atom is -0.392 e. The number of nitrogens with zero attached hydrogens (tertiary/aromatic N) is 2. The van der Waals surface area contributed by atoms with Gasteiger partial charge in [-0.3, -0.25) is 9.89 Å². The van der Waals surface area contributed by atoms with Gasteiger partial charge in [0.25, 0.3) is 5.91 Å². The number of carbonyl (C=O) groups excluding carboxylic acids is 1. The predicted octanol–water partition coefficient (Wildman–Crippen LogP) is 4.43. The lowest BCUT2D eigenvalue weighted by atomic mass is 9.94. The Hall–Kier alpha value is -3.13. The van der Waals surface area contributed by atoms with E-state index in [-0.39, 0.29) is 30.2 Å². The normalized spacial score (nSPS) is 14.8. The Morgan fingerprint density at radius 3 is 2.73 bits per heavy atom. The molecular weight excluding hydrogens is 395 g/mol. The molecule has 1 aromatic heterocycles. The maximum absolute atomic E-state index is 13.4. The van der Waals surface area contributed by atoms with Gasteiger partial charge in [0.2, 0.25) is 0 Å². The average Bonchev–Trinajstić information content (AvgIpc) is 3.31. The first-order valence-corrected chi connectivity index (χ1v) is 9.53. The third-order valence-electron chi connectivity index (χ3n) is 5.50. The van der Waals surface area contributed by atoms with E-state index >= 15 is 0 Å². The molecule has 4 rings (SSSR count). The van der Waals surface area contributed by atoms with E-state index < -0.39 is 17.6 Å². The van der Waals surface area contributed by atoms with Gasteiger partial charge < -0.3 is 10.0 Å². The lowest BCUT2D eigenvalue weighted by Gasteiger charge is -2.19. The topological polar surface area (TPSA) is 69.2 Å². The largest absolute Gasteiger partial charge is 0.416 e. The minimum absolute atomic E-state index is 0.0116. The number of hydrogen-bond donors (Lipinski definition) is 2. The summed E-state index contributed by atoms with van der Waals surface area (Å²) in [4.78, 5) is 14.2. The molecule has 1 amide bonds. The van der Waals surface area contributed by atoms with Gasteiger partial charge in [0.1, 0.15) is 0 Å². The highest BCUT2D eigenvalue weighted by molar-refractivity contribution is 6.10. The molecule has 8 heteroatoms. The van der Waals surface area contributed by atoms with E-state index in [1.54, 1.807) is 18.3 Å². The highest BCUT2D eigenvalue weighted by atomic mass is 19.4. The monoisotopic (exact) mass is 415 g/mol. The van der Waals surface area contributed by atoms with Crippen LogP contribution in [0.2, 0.25) is 0 Å². The van der Waals surface area contributed by atoms with Crippen molar-refractivity contribution in [1.29, 1.82) is 0 Å². The van der Waals surface area contributed by atoms with Crippen LogP contribution in [0.4, 0.5) is 18.9 Å². The molecule has 0 aliphatic carbocycles. The number of anilines is 1. The summed E-state index contributed by atoms with van der Waals surface area (Å²) >= 11 is 0. The van der Waals surface area contributed by atoms with Crippen LogP contribution < -0.4 is 4.90 Å². The summed E-state index contributed by atoms with van der Waals surface area (Å²) < 4.78 is 40.1. The SMILES string of the molecule is CC(Cc1n[nH]cc1CO)c1cccc(N2Cc3c(cccc3C(F)(F)F)C2=O)c1. The fourth-order valence-corrected chi connectivity index (χ4v) is 3.87. The number of aliphatic hydroxyl groups is 1.